The summed E-state index contributed by atoms with van der Waals surface area (Å²) in [5.74, 6) is -1.96. The topological polar surface area (TPSA) is 104 Å². The Kier molecular flexibility index (Phi) is 10.00. The molecule has 0 amide bonds. The molecule has 244 valence electrons. The highest BCUT2D eigenvalue weighted by molar-refractivity contribution is 7.10. The number of nitro groups is 1. The molecule has 3 heterocycles. The van der Waals surface area contributed by atoms with E-state index in [-0.39, 0.29) is 18.1 Å². The number of aliphatic imine (C=N–C) groups is 1. The maximum Gasteiger partial charge on any atom is 0.315 e. The summed E-state index contributed by atoms with van der Waals surface area (Å²) in [7, 11) is 1.98. The van der Waals surface area contributed by atoms with Crippen LogP contribution in [0.25, 0.3) is 0 Å². The molecule has 2 aliphatic heterocycles. The number of non-ortho nitro benzene ring substituents is 1. The SMILES string of the molecule is CC1=Nc2snc(CN3CCN(c4ccc(F)cc4)CC3)c2C(c2cccc([N+](=O)[O-])c2)C1C(=O)OCCN(C)Cc1ccccc1. The van der Waals surface area contributed by atoms with Crippen LogP contribution >= 0.6 is 11.5 Å². The Morgan fingerprint density at radius 1 is 1.06 bits per heavy atom. The first-order chi connectivity index (χ1) is 22.8. The summed E-state index contributed by atoms with van der Waals surface area (Å²) >= 11 is 1.29. The first-order valence-electron chi connectivity index (χ1n) is 15.7. The molecule has 0 saturated carbocycles. The van der Waals surface area contributed by atoms with Gasteiger partial charge in [0.25, 0.3) is 5.69 Å². The third-order valence-electron chi connectivity index (χ3n) is 8.80. The lowest BCUT2D eigenvalue weighted by atomic mass is 9.76. The molecule has 2 unspecified atom stereocenters. The minimum atomic E-state index is -0.755. The molecule has 1 saturated heterocycles. The lowest BCUT2D eigenvalue weighted by Gasteiger charge is -2.36. The van der Waals surface area contributed by atoms with Gasteiger partial charge >= 0.3 is 5.97 Å². The number of aromatic nitrogens is 1. The van der Waals surface area contributed by atoms with Crippen molar-refractivity contribution in [1.82, 2.24) is 14.2 Å². The highest BCUT2D eigenvalue weighted by Crippen LogP contribution is 2.47. The smallest absolute Gasteiger partial charge is 0.315 e. The predicted molar refractivity (Wildman–Crippen MR) is 181 cm³/mol. The van der Waals surface area contributed by atoms with Gasteiger partial charge in [0, 0.05) is 80.8 Å². The average molecular weight is 657 g/mol. The van der Waals surface area contributed by atoms with Gasteiger partial charge in [0.05, 0.1) is 10.6 Å². The molecule has 3 aromatic carbocycles. The molecule has 0 radical (unpaired) electrons. The summed E-state index contributed by atoms with van der Waals surface area (Å²) in [5, 5.41) is 12.5. The number of ether oxygens (including phenoxy) is 1. The number of nitrogens with zero attached hydrogens (tertiary/aromatic N) is 6. The second kappa shape index (κ2) is 14.5. The predicted octanol–water partition coefficient (Wildman–Crippen LogP) is 6.04. The van der Waals surface area contributed by atoms with Crippen molar-refractivity contribution in [3.63, 3.8) is 0 Å². The molecular formula is C35H37FN6O4S. The van der Waals surface area contributed by atoms with Crippen LogP contribution in [0.4, 0.5) is 20.8 Å². The number of benzene rings is 3. The maximum absolute atomic E-state index is 13.9. The van der Waals surface area contributed by atoms with E-state index in [0.717, 1.165) is 49.7 Å². The van der Waals surface area contributed by atoms with E-state index >= 15 is 0 Å². The van der Waals surface area contributed by atoms with Gasteiger partial charge in [-0.1, -0.05) is 42.5 Å². The number of hydrogen-bond donors (Lipinski definition) is 0. The number of nitro benzene ring substituents is 1. The van der Waals surface area contributed by atoms with Crippen molar-refractivity contribution < 1.29 is 18.8 Å². The molecule has 2 aliphatic rings. The molecule has 0 spiro atoms. The first-order valence-corrected chi connectivity index (χ1v) is 16.4. The molecule has 1 aromatic heterocycles. The maximum atomic E-state index is 13.9. The lowest BCUT2D eigenvalue weighted by Crippen LogP contribution is -2.46. The Morgan fingerprint density at radius 3 is 2.53 bits per heavy atom. The summed E-state index contributed by atoms with van der Waals surface area (Å²) in [6, 6.07) is 23.1. The Labute approximate surface area is 277 Å². The van der Waals surface area contributed by atoms with E-state index in [4.69, 9.17) is 14.1 Å². The fourth-order valence-electron chi connectivity index (χ4n) is 6.36. The van der Waals surface area contributed by atoms with Gasteiger partial charge in [0.15, 0.2) is 0 Å². The van der Waals surface area contributed by atoms with Crippen LogP contribution in [-0.4, -0.2) is 77.2 Å². The van der Waals surface area contributed by atoms with Crippen LogP contribution < -0.4 is 4.90 Å². The summed E-state index contributed by atoms with van der Waals surface area (Å²) in [4.78, 5) is 36.7. The zero-order valence-electron chi connectivity index (χ0n) is 26.4. The summed E-state index contributed by atoms with van der Waals surface area (Å²) in [6.07, 6.45) is 0. The summed E-state index contributed by atoms with van der Waals surface area (Å²) < 4.78 is 24.1. The van der Waals surface area contributed by atoms with Crippen LogP contribution in [0.5, 0.6) is 0 Å². The van der Waals surface area contributed by atoms with Gasteiger partial charge in [0.1, 0.15) is 23.3 Å². The average Bonchev–Trinajstić information content (AvgIpc) is 3.46. The number of fused-ring (bicyclic) bond motifs is 1. The van der Waals surface area contributed by atoms with Crippen LogP contribution in [0.3, 0.4) is 0 Å². The van der Waals surface area contributed by atoms with Crippen LogP contribution in [0.15, 0.2) is 83.9 Å². The number of esters is 1. The minimum Gasteiger partial charge on any atom is -0.464 e. The van der Waals surface area contributed by atoms with E-state index in [1.165, 1.54) is 35.3 Å². The zero-order chi connectivity index (χ0) is 32.9. The number of anilines is 1. The second-order valence-corrected chi connectivity index (χ2v) is 12.8. The van der Waals surface area contributed by atoms with Gasteiger partial charge in [-0.15, -0.1) is 0 Å². The molecule has 0 aliphatic carbocycles. The first kappa shape index (κ1) is 32.4. The van der Waals surface area contributed by atoms with Crippen molar-refractivity contribution in [1.29, 1.82) is 0 Å². The molecule has 2 atom stereocenters. The normalized spacial score (nSPS) is 18.1. The Bertz CT molecular complexity index is 1740. The summed E-state index contributed by atoms with van der Waals surface area (Å²) in [6.45, 7) is 6.94. The van der Waals surface area contributed by atoms with Crippen molar-refractivity contribution >= 4 is 39.6 Å². The molecule has 47 heavy (non-hydrogen) atoms. The lowest BCUT2D eigenvalue weighted by molar-refractivity contribution is -0.384. The van der Waals surface area contributed by atoms with E-state index in [2.05, 4.69) is 26.8 Å². The van der Waals surface area contributed by atoms with Crippen LogP contribution in [0.2, 0.25) is 0 Å². The Morgan fingerprint density at radius 2 is 1.81 bits per heavy atom. The molecule has 12 heteroatoms. The largest absolute Gasteiger partial charge is 0.464 e. The highest BCUT2D eigenvalue weighted by Gasteiger charge is 2.42. The standard InChI is InChI=1S/C35H37FN6O4S/c1-24-31(35(43)46-20-19-39(2)22-25-7-4-3-5-8-25)32(26-9-6-10-29(21-26)42(44)45)33-30(38-47-34(33)37-24)23-40-15-17-41(18-16-40)28-13-11-27(36)12-14-28/h3-14,21,31-32H,15-20,22-23H2,1-2H3. The molecular weight excluding hydrogens is 619 g/mol. The van der Waals surface area contributed by atoms with Gasteiger partial charge in [-0.2, -0.15) is 4.37 Å². The Hall–Kier alpha value is -4.52. The number of likely N-dealkylation sites (N-methyl/N-ethyl adjacent to an activating group) is 1. The van der Waals surface area contributed by atoms with Crippen molar-refractivity contribution in [3.8, 4) is 0 Å². The second-order valence-electron chi connectivity index (χ2n) is 12.0. The Balaban J connectivity index is 1.21. The van der Waals surface area contributed by atoms with Crippen molar-refractivity contribution in [2.45, 2.75) is 25.9 Å². The number of rotatable bonds is 11. The van der Waals surface area contributed by atoms with Gasteiger partial charge < -0.3 is 9.64 Å². The van der Waals surface area contributed by atoms with E-state index in [1.54, 1.807) is 24.3 Å². The van der Waals surface area contributed by atoms with Crippen molar-refractivity contribution in [2.75, 3.05) is 51.3 Å². The monoisotopic (exact) mass is 656 g/mol. The number of hydrogen-bond acceptors (Lipinski definition) is 10. The van der Waals surface area contributed by atoms with E-state index in [0.29, 0.717) is 29.4 Å². The molecule has 0 bridgehead atoms. The summed E-state index contributed by atoms with van der Waals surface area (Å²) in [5.41, 5.74) is 5.00. The molecule has 0 N–H and O–H groups in total. The highest BCUT2D eigenvalue weighted by atomic mass is 32.1. The van der Waals surface area contributed by atoms with Gasteiger partial charge in [-0.3, -0.25) is 24.7 Å². The number of carbonyl (C=O) groups is 1. The van der Waals surface area contributed by atoms with Gasteiger partial charge in [0.2, 0.25) is 0 Å². The third kappa shape index (κ3) is 7.56. The fourth-order valence-corrected chi connectivity index (χ4v) is 7.24. The number of halogens is 1. The third-order valence-corrected chi connectivity index (χ3v) is 9.60. The van der Waals surface area contributed by atoms with E-state index in [1.807, 2.05) is 38.2 Å². The fraction of sp³-hybridized carbons (Fsp3) is 0.343. The van der Waals surface area contributed by atoms with Crippen molar-refractivity contribution in [3.05, 3.63) is 117 Å². The quantitative estimate of drug-likeness (QED) is 0.109. The van der Waals surface area contributed by atoms with E-state index in [9.17, 15) is 19.3 Å². The molecule has 6 rings (SSSR count). The van der Waals surface area contributed by atoms with Crippen LogP contribution in [-0.2, 0) is 22.6 Å². The molecule has 10 nitrogen and oxygen atoms in total. The van der Waals surface area contributed by atoms with Crippen LogP contribution in [0.1, 0.15) is 35.2 Å². The van der Waals surface area contributed by atoms with Crippen LogP contribution in [0, 0.1) is 21.8 Å². The zero-order valence-corrected chi connectivity index (χ0v) is 27.2. The van der Waals surface area contributed by atoms with Gasteiger partial charge in [-0.05, 0) is 60.9 Å². The molecule has 4 aromatic rings. The number of carbonyl (C=O) groups excluding carboxylic acids is 1. The number of piperazine rings is 1. The minimum absolute atomic E-state index is 0.0412. The van der Waals surface area contributed by atoms with E-state index < -0.39 is 22.7 Å². The van der Waals surface area contributed by atoms with Gasteiger partial charge in [-0.25, -0.2) is 9.38 Å². The molecule has 1 fully saturated rings. The van der Waals surface area contributed by atoms with Crippen molar-refractivity contribution in [2.24, 2.45) is 10.9 Å².